The van der Waals surface area contributed by atoms with E-state index >= 15 is 0 Å². The van der Waals surface area contributed by atoms with Crippen LogP contribution in [0.2, 0.25) is 0 Å². The van der Waals surface area contributed by atoms with Gasteiger partial charge in [-0.05, 0) is 38.1 Å². The molecule has 31 heavy (non-hydrogen) atoms. The van der Waals surface area contributed by atoms with E-state index in [1.165, 1.54) is 21.9 Å². The molecular weight excluding hydrogens is 403 g/mol. The molecule has 0 spiro atoms. The fraction of sp³-hybridized carbons (Fsp3) is 0.348. The molecule has 0 radical (unpaired) electrons. The number of fused-ring (bicyclic) bond motifs is 3. The highest BCUT2D eigenvalue weighted by atomic mass is 19.1. The lowest BCUT2D eigenvalue weighted by molar-refractivity contribution is -0.159. The van der Waals surface area contributed by atoms with E-state index in [4.69, 9.17) is 9.47 Å². The number of carbonyl (C=O) groups is 3. The Kier molecular flexibility index (Phi) is 5.39. The highest BCUT2D eigenvalue weighted by Crippen LogP contribution is 2.45. The van der Waals surface area contributed by atoms with E-state index in [2.05, 4.69) is 0 Å². The molecule has 1 atom stereocenters. The zero-order chi connectivity index (χ0) is 22.2. The van der Waals surface area contributed by atoms with E-state index in [1.807, 2.05) is 0 Å². The summed E-state index contributed by atoms with van der Waals surface area (Å²) in [7, 11) is 0. The van der Waals surface area contributed by atoms with Crippen molar-refractivity contribution >= 4 is 23.5 Å². The molecule has 2 aliphatic rings. The van der Waals surface area contributed by atoms with Crippen molar-refractivity contribution in [3.63, 3.8) is 0 Å². The third kappa shape index (κ3) is 3.32. The lowest BCUT2D eigenvalue weighted by Crippen LogP contribution is -2.70. The molecule has 2 heterocycles. The number of ether oxygens (including phenoxy) is 2. The molecule has 0 aliphatic carbocycles. The molecule has 2 aliphatic heterocycles. The topological polar surface area (TPSA) is 76.2 Å². The number of amides is 2. The van der Waals surface area contributed by atoms with Gasteiger partial charge < -0.3 is 14.4 Å². The summed E-state index contributed by atoms with van der Waals surface area (Å²) in [5.41, 5.74) is -0.765. The Labute approximate surface area is 179 Å². The number of para-hydroxylation sites is 2. The predicted molar refractivity (Wildman–Crippen MR) is 110 cm³/mol. The summed E-state index contributed by atoms with van der Waals surface area (Å²) in [6.07, 6.45) is 0.253. The lowest BCUT2D eigenvalue weighted by Gasteiger charge is -2.50. The average molecular weight is 426 g/mol. The van der Waals surface area contributed by atoms with Gasteiger partial charge in [-0.2, -0.15) is 0 Å². The van der Waals surface area contributed by atoms with Gasteiger partial charge in [0.15, 0.2) is 11.6 Å². The van der Waals surface area contributed by atoms with Crippen molar-refractivity contribution in [2.24, 2.45) is 0 Å². The third-order valence-corrected chi connectivity index (χ3v) is 5.55. The number of halogens is 1. The number of rotatable bonds is 6. The van der Waals surface area contributed by atoms with Crippen molar-refractivity contribution in [2.45, 2.75) is 38.4 Å². The summed E-state index contributed by atoms with van der Waals surface area (Å²) in [5.74, 6) is -1.73. The fourth-order valence-electron chi connectivity index (χ4n) is 4.34. The fourth-order valence-corrected chi connectivity index (χ4v) is 4.34. The minimum absolute atomic E-state index is 0.0555. The molecule has 2 amide bonds. The molecule has 0 N–H and O–H groups in total. The van der Waals surface area contributed by atoms with Gasteiger partial charge >= 0.3 is 5.97 Å². The van der Waals surface area contributed by atoms with Gasteiger partial charge in [-0.3, -0.25) is 14.5 Å². The van der Waals surface area contributed by atoms with Crippen molar-refractivity contribution in [1.29, 1.82) is 0 Å². The van der Waals surface area contributed by atoms with Crippen LogP contribution in [0.1, 0.15) is 37.0 Å². The van der Waals surface area contributed by atoms with Gasteiger partial charge in [0.1, 0.15) is 13.2 Å². The van der Waals surface area contributed by atoms with E-state index < -0.39 is 17.4 Å². The van der Waals surface area contributed by atoms with E-state index in [1.54, 1.807) is 50.2 Å². The van der Waals surface area contributed by atoms with Crippen LogP contribution in [0.15, 0.2) is 48.5 Å². The maximum atomic E-state index is 13.7. The van der Waals surface area contributed by atoms with Crippen LogP contribution in [-0.2, 0) is 14.3 Å². The van der Waals surface area contributed by atoms with E-state index in [-0.39, 0.29) is 49.7 Å². The van der Waals surface area contributed by atoms with Crippen LogP contribution in [0.3, 0.4) is 0 Å². The maximum absolute atomic E-state index is 13.7. The van der Waals surface area contributed by atoms with Gasteiger partial charge in [0, 0.05) is 18.9 Å². The van der Waals surface area contributed by atoms with Gasteiger partial charge in [-0.1, -0.05) is 24.3 Å². The maximum Gasteiger partial charge on any atom is 0.353 e. The monoisotopic (exact) mass is 426 g/mol. The first-order valence-corrected chi connectivity index (χ1v) is 10.2. The normalized spacial score (nSPS) is 20.0. The predicted octanol–water partition coefficient (Wildman–Crippen LogP) is 3.14. The van der Waals surface area contributed by atoms with Crippen molar-refractivity contribution in [1.82, 2.24) is 4.90 Å². The van der Waals surface area contributed by atoms with E-state index in [9.17, 15) is 18.8 Å². The van der Waals surface area contributed by atoms with Crippen LogP contribution in [0.4, 0.5) is 10.1 Å². The first-order chi connectivity index (χ1) is 14.9. The Balaban J connectivity index is 1.59. The molecule has 1 saturated heterocycles. The van der Waals surface area contributed by atoms with Gasteiger partial charge in [-0.25, -0.2) is 9.18 Å². The van der Waals surface area contributed by atoms with Crippen LogP contribution in [-0.4, -0.2) is 47.6 Å². The van der Waals surface area contributed by atoms with Crippen molar-refractivity contribution in [2.75, 3.05) is 18.1 Å². The number of benzene rings is 2. The first-order valence-electron chi connectivity index (χ1n) is 10.2. The van der Waals surface area contributed by atoms with Crippen LogP contribution in [0.25, 0.3) is 0 Å². The summed E-state index contributed by atoms with van der Waals surface area (Å²) in [4.78, 5) is 42.3. The Bertz CT molecular complexity index is 1040. The first kappa shape index (κ1) is 20.8. The zero-order valence-corrected chi connectivity index (χ0v) is 17.3. The quantitative estimate of drug-likeness (QED) is 0.524. The van der Waals surface area contributed by atoms with Gasteiger partial charge in [0.2, 0.25) is 11.6 Å². The molecule has 1 fully saturated rings. The highest BCUT2D eigenvalue weighted by molar-refractivity contribution is 6.15. The average Bonchev–Trinajstić information content (AvgIpc) is 3.10. The lowest BCUT2D eigenvalue weighted by atomic mass is 9.95. The van der Waals surface area contributed by atoms with Crippen molar-refractivity contribution in [3.05, 3.63) is 59.9 Å². The number of esters is 1. The number of hydrogen-bond acceptors (Lipinski definition) is 5. The Morgan fingerprint density at radius 3 is 2.55 bits per heavy atom. The molecule has 4 rings (SSSR count). The molecule has 8 heteroatoms. The molecule has 0 saturated carbocycles. The number of nitrogens with zero attached hydrogens (tertiary/aromatic N) is 2. The van der Waals surface area contributed by atoms with Crippen LogP contribution in [0, 0.1) is 5.82 Å². The molecule has 2 aromatic carbocycles. The standard InChI is InChI=1S/C23H23FN2O5/c1-15(2)25-21(28)16-7-3-5-9-18(16)26-20(27)11-12-23(25,26)22(29)31-14-13-30-19-10-6-4-8-17(19)24/h3-10,15H,11-14H2,1-2H3. The summed E-state index contributed by atoms with van der Waals surface area (Å²) < 4.78 is 24.5. The number of hydrogen-bond donors (Lipinski definition) is 0. The molecule has 0 aromatic heterocycles. The summed E-state index contributed by atoms with van der Waals surface area (Å²) in [6, 6.07) is 12.3. The van der Waals surface area contributed by atoms with Gasteiger partial charge in [0.25, 0.3) is 5.91 Å². The largest absolute Gasteiger partial charge is 0.487 e. The molecular formula is C23H23FN2O5. The minimum atomic E-state index is -1.55. The van der Waals surface area contributed by atoms with Gasteiger partial charge in [0.05, 0.1) is 11.3 Å². The van der Waals surface area contributed by atoms with Gasteiger partial charge in [-0.15, -0.1) is 0 Å². The van der Waals surface area contributed by atoms with Crippen LogP contribution in [0.5, 0.6) is 5.75 Å². The molecule has 2 aromatic rings. The van der Waals surface area contributed by atoms with E-state index in [0.29, 0.717) is 11.3 Å². The molecule has 0 bridgehead atoms. The molecule has 7 nitrogen and oxygen atoms in total. The van der Waals surface area contributed by atoms with Crippen LogP contribution >= 0.6 is 0 Å². The summed E-state index contributed by atoms with van der Waals surface area (Å²) in [6.45, 7) is 3.37. The Hall–Kier alpha value is -3.42. The zero-order valence-electron chi connectivity index (χ0n) is 17.3. The summed E-state index contributed by atoms with van der Waals surface area (Å²) in [5, 5.41) is 0. The second-order valence-electron chi connectivity index (χ2n) is 7.75. The van der Waals surface area contributed by atoms with Crippen LogP contribution < -0.4 is 9.64 Å². The molecule has 1 unspecified atom stereocenters. The smallest absolute Gasteiger partial charge is 0.353 e. The SMILES string of the molecule is CC(C)N1C(=O)c2ccccc2N2C(=O)CCC21C(=O)OCCOc1ccccc1F. The number of carbonyl (C=O) groups excluding carboxylic acids is 3. The highest BCUT2D eigenvalue weighted by Gasteiger charge is 2.62. The number of anilines is 1. The second-order valence-corrected chi connectivity index (χ2v) is 7.75. The Morgan fingerprint density at radius 1 is 1.10 bits per heavy atom. The third-order valence-electron chi connectivity index (χ3n) is 5.55. The van der Waals surface area contributed by atoms with Crippen molar-refractivity contribution < 1.29 is 28.2 Å². The second kappa shape index (κ2) is 8.02. The minimum Gasteiger partial charge on any atom is -0.487 e. The Morgan fingerprint density at radius 2 is 1.81 bits per heavy atom. The molecule has 162 valence electrons. The summed E-state index contributed by atoms with van der Waals surface area (Å²) >= 11 is 0. The van der Waals surface area contributed by atoms with E-state index in [0.717, 1.165) is 0 Å². The van der Waals surface area contributed by atoms with Crippen molar-refractivity contribution in [3.8, 4) is 5.75 Å².